The van der Waals surface area contributed by atoms with Crippen LogP contribution in [0.5, 0.6) is 0 Å². The number of ether oxygens (including phenoxy) is 1. The fourth-order valence-electron chi connectivity index (χ4n) is 2.82. The summed E-state index contributed by atoms with van der Waals surface area (Å²) in [6.07, 6.45) is 0. The first-order valence-electron chi connectivity index (χ1n) is 8.48. The van der Waals surface area contributed by atoms with Gasteiger partial charge in [-0.25, -0.2) is 8.78 Å². The van der Waals surface area contributed by atoms with Gasteiger partial charge in [0, 0.05) is 24.8 Å². The van der Waals surface area contributed by atoms with E-state index in [1.54, 1.807) is 0 Å². The Bertz CT molecular complexity index is 764. The zero-order valence-corrected chi connectivity index (χ0v) is 15.3. The fourth-order valence-corrected chi connectivity index (χ4v) is 3.11. The fraction of sp³-hybridized carbons (Fsp3) is 0.316. The van der Waals surface area contributed by atoms with Crippen LogP contribution in [0.1, 0.15) is 18.5 Å². The maximum atomic E-state index is 13.7. The second kappa shape index (κ2) is 8.42. The zero-order valence-electron chi connectivity index (χ0n) is 14.5. The first-order chi connectivity index (χ1) is 12.5. The van der Waals surface area contributed by atoms with E-state index in [9.17, 15) is 8.78 Å². The number of nitrogens with one attached hydrogen (secondary N) is 2. The molecular formula is C19H21F2N3OS. The van der Waals surface area contributed by atoms with Gasteiger partial charge in [-0.2, -0.15) is 0 Å². The minimum atomic E-state index is -0.684. The molecule has 3 rings (SSSR count). The second-order valence-electron chi connectivity index (χ2n) is 6.14. The molecule has 2 N–H and O–H groups in total. The average Bonchev–Trinajstić information content (AvgIpc) is 2.65. The van der Waals surface area contributed by atoms with Gasteiger partial charge in [-0.1, -0.05) is 12.1 Å². The van der Waals surface area contributed by atoms with E-state index in [2.05, 4.69) is 27.7 Å². The van der Waals surface area contributed by atoms with Gasteiger partial charge < -0.3 is 20.3 Å². The number of hydrogen-bond donors (Lipinski definition) is 2. The van der Waals surface area contributed by atoms with E-state index in [0.29, 0.717) is 0 Å². The van der Waals surface area contributed by atoms with Crippen molar-refractivity contribution < 1.29 is 13.5 Å². The highest BCUT2D eigenvalue weighted by Crippen LogP contribution is 2.21. The normalized spacial score (nSPS) is 15.4. The van der Waals surface area contributed by atoms with Crippen LogP contribution < -0.4 is 15.5 Å². The first kappa shape index (κ1) is 18.5. The molecule has 0 unspecified atom stereocenters. The molecule has 1 fully saturated rings. The van der Waals surface area contributed by atoms with Crippen molar-refractivity contribution in [3.05, 3.63) is 59.7 Å². The second-order valence-corrected chi connectivity index (χ2v) is 6.54. The molecule has 1 heterocycles. The molecule has 0 aromatic heterocycles. The smallest absolute Gasteiger partial charge is 0.171 e. The topological polar surface area (TPSA) is 36.5 Å². The van der Waals surface area contributed by atoms with Crippen molar-refractivity contribution >= 4 is 28.7 Å². The molecule has 0 spiro atoms. The van der Waals surface area contributed by atoms with Gasteiger partial charge in [0.05, 0.1) is 24.9 Å². The predicted molar refractivity (Wildman–Crippen MR) is 104 cm³/mol. The van der Waals surface area contributed by atoms with Crippen molar-refractivity contribution in [3.63, 3.8) is 0 Å². The Hall–Kier alpha value is -2.25. The number of nitrogens with zero attached hydrogens (tertiary/aromatic N) is 1. The zero-order chi connectivity index (χ0) is 18.5. The van der Waals surface area contributed by atoms with Gasteiger partial charge in [-0.3, -0.25) is 0 Å². The maximum absolute atomic E-state index is 13.7. The van der Waals surface area contributed by atoms with Crippen LogP contribution in [0.3, 0.4) is 0 Å². The quantitative estimate of drug-likeness (QED) is 0.792. The summed E-state index contributed by atoms with van der Waals surface area (Å²) >= 11 is 5.23. The van der Waals surface area contributed by atoms with Gasteiger partial charge in [0.15, 0.2) is 5.11 Å². The number of anilines is 2. The summed E-state index contributed by atoms with van der Waals surface area (Å²) in [6, 6.07) is 11.5. The molecular weight excluding hydrogens is 356 g/mol. The Morgan fingerprint density at radius 1 is 1.12 bits per heavy atom. The predicted octanol–water partition coefficient (Wildman–Crippen LogP) is 3.85. The van der Waals surface area contributed by atoms with Crippen LogP contribution in [0.15, 0.2) is 42.5 Å². The molecule has 1 aliphatic heterocycles. The van der Waals surface area contributed by atoms with Gasteiger partial charge in [0.2, 0.25) is 0 Å². The van der Waals surface area contributed by atoms with Gasteiger partial charge >= 0.3 is 0 Å². The Morgan fingerprint density at radius 3 is 2.46 bits per heavy atom. The van der Waals surface area contributed by atoms with E-state index >= 15 is 0 Å². The van der Waals surface area contributed by atoms with Crippen LogP contribution in [0, 0.1) is 11.6 Å². The standard InChI is InChI=1S/C19H21F2N3OS/c1-13(22-19(26)23-18-7-4-15(20)12-17(18)21)14-2-5-16(6-3-14)24-8-10-25-11-9-24/h2-7,12-13H,8-11H2,1H3,(H2,22,23,26)/t13-/m0/s1. The third-order valence-electron chi connectivity index (χ3n) is 4.30. The Morgan fingerprint density at radius 2 is 1.81 bits per heavy atom. The van der Waals surface area contributed by atoms with Crippen LogP contribution in [-0.2, 0) is 4.74 Å². The number of rotatable bonds is 4. The molecule has 1 saturated heterocycles. The largest absolute Gasteiger partial charge is 0.378 e. The lowest BCUT2D eigenvalue weighted by molar-refractivity contribution is 0.122. The molecule has 0 radical (unpaired) electrons. The van der Waals surface area contributed by atoms with E-state index in [-0.39, 0.29) is 16.8 Å². The molecule has 0 saturated carbocycles. The van der Waals surface area contributed by atoms with E-state index in [4.69, 9.17) is 17.0 Å². The highest BCUT2D eigenvalue weighted by atomic mass is 32.1. The molecule has 2 aromatic rings. The molecule has 0 bridgehead atoms. The minimum Gasteiger partial charge on any atom is -0.378 e. The lowest BCUT2D eigenvalue weighted by Gasteiger charge is -2.29. The van der Waals surface area contributed by atoms with E-state index in [0.717, 1.165) is 37.9 Å². The van der Waals surface area contributed by atoms with Crippen LogP contribution >= 0.6 is 12.2 Å². The van der Waals surface area contributed by atoms with Crippen LogP contribution in [0.4, 0.5) is 20.2 Å². The molecule has 7 heteroatoms. The van der Waals surface area contributed by atoms with Crippen LogP contribution in [-0.4, -0.2) is 31.4 Å². The van der Waals surface area contributed by atoms with Gasteiger partial charge in [-0.05, 0) is 49.0 Å². The minimum absolute atomic E-state index is 0.0581. The summed E-state index contributed by atoms with van der Waals surface area (Å²) in [4.78, 5) is 2.29. The van der Waals surface area contributed by atoms with Crippen molar-refractivity contribution in [1.29, 1.82) is 0 Å². The summed E-state index contributed by atoms with van der Waals surface area (Å²) in [5.41, 5.74) is 2.36. The Labute approximate surface area is 157 Å². The molecule has 0 amide bonds. The molecule has 2 aromatic carbocycles. The summed E-state index contributed by atoms with van der Waals surface area (Å²) < 4.78 is 32.0. The highest BCUT2D eigenvalue weighted by Gasteiger charge is 2.13. The summed E-state index contributed by atoms with van der Waals surface area (Å²) in [7, 11) is 0. The van der Waals surface area contributed by atoms with Crippen molar-refractivity contribution in [2.75, 3.05) is 36.5 Å². The van der Waals surface area contributed by atoms with Crippen molar-refractivity contribution in [3.8, 4) is 0 Å². The maximum Gasteiger partial charge on any atom is 0.171 e. The first-order valence-corrected chi connectivity index (χ1v) is 8.89. The van der Waals surface area contributed by atoms with Crippen molar-refractivity contribution in [2.24, 2.45) is 0 Å². The molecule has 1 atom stereocenters. The molecule has 4 nitrogen and oxygen atoms in total. The lowest BCUT2D eigenvalue weighted by Crippen LogP contribution is -2.36. The SMILES string of the molecule is C[C@H](NC(=S)Nc1ccc(F)cc1F)c1ccc(N2CCOCC2)cc1. The average molecular weight is 377 g/mol. The number of halogens is 2. The molecule has 0 aliphatic carbocycles. The van der Waals surface area contributed by atoms with Crippen molar-refractivity contribution in [1.82, 2.24) is 5.32 Å². The van der Waals surface area contributed by atoms with Crippen LogP contribution in [0.2, 0.25) is 0 Å². The van der Waals surface area contributed by atoms with E-state index in [1.165, 1.54) is 17.8 Å². The summed E-state index contributed by atoms with van der Waals surface area (Å²) in [5, 5.41) is 6.15. The summed E-state index contributed by atoms with van der Waals surface area (Å²) in [6.45, 7) is 5.26. The number of morpholine rings is 1. The van der Waals surface area contributed by atoms with Gasteiger partial charge in [0.1, 0.15) is 11.6 Å². The summed E-state index contributed by atoms with van der Waals surface area (Å²) in [5.74, 6) is -1.31. The number of benzene rings is 2. The third-order valence-corrected chi connectivity index (χ3v) is 4.52. The van der Waals surface area contributed by atoms with Crippen molar-refractivity contribution in [2.45, 2.75) is 13.0 Å². The monoisotopic (exact) mass is 377 g/mol. The van der Waals surface area contributed by atoms with E-state index < -0.39 is 11.6 Å². The van der Waals surface area contributed by atoms with Crippen LogP contribution in [0.25, 0.3) is 0 Å². The molecule has 1 aliphatic rings. The lowest BCUT2D eigenvalue weighted by atomic mass is 10.1. The molecule has 26 heavy (non-hydrogen) atoms. The Kier molecular flexibility index (Phi) is 6.00. The molecule has 138 valence electrons. The third kappa shape index (κ3) is 4.68. The number of thiocarbonyl (C=S) groups is 1. The number of hydrogen-bond acceptors (Lipinski definition) is 3. The van der Waals surface area contributed by atoms with Gasteiger partial charge in [0.25, 0.3) is 0 Å². The van der Waals surface area contributed by atoms with Gasteiger partial charge in [-0.15, -0.1) is 0 Å². The van der Waals surface area contributed by atoms with E-state index in [1.807, 2.05) is 19.1 Å². The highest BCUT2D eigenvalue weighted by molar-refractivity contribution is 7.80. The Balaban J connectivity index is 1.58.